The second-order valence-corrected chi connectivity index (χ2v) is 7.90. The Kier molecular flexibility index (Phi) is 3.79. The number of thiophene rings is 1. The van der Waals surface area contributed by atoms with Gasteiger partial charge in [0, 0.05) is 14.7 Å². The monoisotopic (exact) mass is 345 g/mol. The lowest BCUT2D eigenvalue weighted by Crippen LogP contribution is -2.07. The lowest BCUT2D eigenvalue weighted by Gasteiger charge is -2.07. The van der Waals surface area contributed by atoms with Gasteiger partial charge in [0.1, 0.15) is 0 Å². The smallest absolute Gasteiger partial charge is 0.185 e. The fraction of sp³-hybridized carbons (Fsp3) is 0.167. The zero-order chi connectivity index (χ0) is 13.3. The third kappa shape index (κ3) is 2.93. The number of anilines is 1. The summed E-state index contributed by atoms with van der Waals surface area (Å²) in [5, 5.41) is 1.87. The summed E-state index contributed by atoms with van der Waals surface area (Å²) in [6, 6.07) is 6.87. The van der Waals surface area contributed by atoms with E-state index in [0.29, 0.717) is 5.69 Å². The van der Waals surface area contributed by atoms with Crippen molar-refractivity contribution < 1.29 is 8.42 Å². The van der Waals surface area contributed by atoms with Crippen molar-refractivity contribution in [1.82, 2.24) is 0 Å². The molecule has 3 nitrogen and oxygen atoms in total. The molecule has 0 fully saturated rings. The highest BCUT2D eigenvalue weighted by molar-refractivity contribution is 9.10. The molecule has 0 aliphatic carbocycles. The molecular formula is C12H12BrNO2S2. The summed E-state index contributed by atoms with van der Waals surface area (Å²) >= 11 is 4.73. The van der Waals surface area contributed by atoms with Gasteiger partial charge in [-0.25, -0.2) is 8.42 Å². The van der Waals surface area contributed by atoms with Crippen LogP contribution < -0.4 is 5.73 Å². The maximum absolute atomic E-state index is 12.3. The first-order valence-electron chi connectivity index (χ1n) is 5.20. The van der Waals surface area contributed by atoms with Crippen LogP contribution in [0, 0.1) is 6.92 Å². The lowest BCUT2D eigenvalue weighted by molar-refractivity contribution is 0.596. The molecule has 1 aromatic carbocycles. The number of benzene rings is 1. The average Bonchev–Trinajstić information content (AvgIpc) is 2.66. The summed E-state index contributed by atoms with van der Waals surface area (Å²) in [5.74, 6) is -0.0169. The number of hydrogen-bond donors (Lipinski definition) is 1. The van der Waals surface area contributed by atoms with Crippen LogP contribution in [0.3, 0.4) is 0 Å². The summed E-state index contributed by atoms with van der Waals surface area (Å²) in [6.07, 6.45) is 0. The molecule has 2 aromatic rings. The molecule has 1 heterocycles. The lowest BCUT2D eigenvalue weighted by atomic mass is 10.2. The Labute approximate surface area is 119 Å². The number of nitrogens with two attached hydrogens (primary N) is 1. The first-order chi connectivity index (χ1) is 8.38. The van der Waals surface area contributed by atoms with E-state index in [0.717, 1.165) is 14.9 Å². The van der Waals surface area contributed by atoms with Gasteiger partial charge in [-0.1, -0.05) is 6.07 Å². The molecule has 0 aliphatic heterocycles. The van der Waals surface area contributed by atoms with E-state index in [1.165, 1.54) is 11.3 Å². The fourth-order valence-corrected chi connectivity index (χ4v) is 4.98. The number of halogens is 1. The van der Waals surface area contributed by atoms with E-state index in [4.69, 9.17) is 5.73 Å². The van der Waals surface area contributed by atoms with E-state index < -0.39 is 9.84 Å². The van der Waals surface area contributed by atoms with E-state index in [1.807, 2.05) is 18.4 Å². The van der Waals surface area contributed by atoms with Crippen molar-refractivity contribution in [2.75, 3.05) is 5.73 Å². The van der Waals surface area contributed by atoms with Crippen molar-refractivity contribution in [1.29, 1.82) is 0 Å². The van der Waals surface area contributed by atoms with Crippen molar-refractivity contribution in [2.24, 2.45) is 0 Å². The summed E-state index contributed by atoms with van der Waals surface area (Å²) < 4.78 is 25.5. The van der Waals surface area contributed by atoms with Gasteiger partial charge in [-0.05, 0) is 46.6 Å². The molecule has 0 bridgehead atoms. The highest BCUT2D eigenvalue weighted by atomic mass is 79.9. The van der Waals surface area contributed by atoms with Crippen molar-refractivity contribution in [3.05, 3.63) is 44.6 Å². The Balaban J connectivity index is 2.39. The maximum Gasteiger partial charge on any atom is 0.185 e. The topological polar surface area (TPSA) is 60.2 Å². The SMILES string of the molecule is Cc1ccc(N)c(S(=O)(=O)Cc2cc(Br)cs2)c1. The first-order valence-corrected chi connectivity index (χ1v) is 8.53. The summed E-state index contributed by atoms with van der Waals surface area (Å²) in [6.45, 7) is 1.85. The molecule has 18 heavy (non-hydrogen) atoms. The van der Waals surface area contributed by atoms with E-state index in [1.54, 1.807) is 18.2 Å². The second-order valence-electron chi connectivity index (χ2n) is 4.03. The van der Waals surface area contributed by atoms with Crippen molar-refractivity contribution in [3.63, 3.8) is 0 Å². The number of sulfone groups is 1. The molecule has 0 saturated heterocycles. The number of aryl methyl sites for hydroxylation is 1. The molecular weight excluding hydrogens is 334 g/mol. The third-order valence-corrected chi connectivity index (χ3v) is 6.05. The number of rotatable bonds is 3. The molecule has 1 aromatic heterocycles. The molecule has 0 radical (unpaired) electrons. The Morgan fingerprint density at radius 1 is 1.33 bits per heavy atom. The van der Waals surface area contributed by atoms with Gasteiger partial charge in [0.15, 0.2) is 9.84 Å². The highest BCUT2D eigenvalue weighted by Crippen LogP contribution is 2.27. The van der Waals surface area contributed by atoms with Gasteiger partial charge >= 0.3 is 0 Å². The van der Waals surface area contributed by atoms with Crippen LogP contribution in [-0.4, -0.2) is 8.42 Å². The van der Waals surface area contributed by atoms with Crippen LogP contribution >= 0.6 is 27.3 Å². The summed E-state index contributed by atoms with van der Waals surface area (Å²) in [7, 11) is -3.39. The fourth-order valence-electron chi connectivity index (χ4n) is 1.61. The normalized spacial score (nSPS) is 11.7. The molecule has 0 unspecified atom stereocenters. The standard InChI is InChI=1S/C12H12BrNO2S2/c1-8-2-3-11(14)12(4-8)18(15,16)7-10-5-9(13)6-17-10/h2-6H,7,14H2,1H3. The Bertz CT molecular complexity index is 677. The molecule has 0 amide bonds. The molecule has 2 rings (SSSR count). The summed E-state index contributed by atoms with van der Waals surface area (Å²) in [4.78, 5) is 1.01. The second kappa shape index (κ2) is 5.03. The van der Waals surface area contributed by atoms with Gasteiger partial charge in [0.25, 0.3) is 0 Å². The predicted molar refractivity (Wildman–Crippen MR) is 78.5 cm³/mol. The average molecular weight is 346 g/mol. The molecule has 0 atom stereocenters. The molecule has 96 valence electrons. The van der Waals surface area contributed by atoms with Crippen LogP contribution in [0.25, 0.3) is 0 Å². The van der Waals surface area contributed by atoms with Gasteiger partial charge in [0.05, 0.1) is 16.3 Å². The van der Waals surface area contributed by atoms with Crippen LogP contribution in [0.1, 0.15) is 10.4 Å². The van der Waals surface area contributed by atoms with Crippen LogP contribution in [0.5, 0.6) is 0 Å². The van der Waals surface area contributed by atoms with E-state index in [-0.39, 0.29) is 10.6 Å². The van der Waals surface area contributed by atoms with Crippen molar-refractivity contribution in [3.8, 4) is 0 Å². The Hall–Kier alpha value is -0.850. The Morgan fingerprint density at radius 3 is 2.67 bits per heavy atom. The van der Waals surface area contributed by atoms with Crippen LogP contribution in [0.4, 0.5) is 5.69 Å². The van der Waals surface area contributed by atoms with Crippen LogP contribution in [0.2, 0.25) is 0 Å². The largest absolute Gasteiger partial charge is 0.398 e. The van der Waals surface area contributed by atoms with Gasteiger partial charge in [0.2, 0.25) is 0 Å². The number of nitrogen functional groups attached to an aromatic ring is 1. The predicted octanol–water partition coefficient (Wildman–Crippen LogP) is 3.38. The van der Waals surface area contributed by atoms with Crippen LogP contribution in [0.15, 0.2) is 39.0 Å². The van der Waals surface area contributed by atoms with Gasteiger partial charge in [-0.2, -0.15) is 0 Å². The zero-order valence-electron chi connectivity index (χ0n) is 9.68. The molecule has 2 N–H and O–H groups in total. The van der Waals surface area contributed by atoms with Crippen molar-refractivity contribution >= 4 is 42.8 Å². The van der Waals surface area contributed by atoms with Gasteiger partial charge in [-0.3, -0.25) is 0 Å². The molecule has 0 spiro atoms. The molecule has 0 aliphatic rings. The van der Waals surface area contributed by atoms with E-state index in [9.17, 15) is 8.42 Å². The van der Waals surface area contributed by atoms with E-state index in [2.05, 4.69) is 15.9 Å². The van der Waals surface area contributed by atoms with E-state index >= 15 is 0 Å². The van der Waals surface area contributed by atoms with Crippen molar-refractivity contribution in [2.45, 2.75) is 17.6 Å². The zero-order valence-corrected chi connectivity index (χ0v) is 12.9. The molecule has 6 heteroatoms. The minimum atomic E-state index is -3.39. The van der Waals surface area contributed by atoms with Crippen LogP contribution in [-0.2, 0) is 15.6 Å². The molecule has 0 saturated carbocycles. The summed E-state index contributed by atoms with van der Waals surface area (Å²) in [5.41, 5.74) is 6.94. The highest BCUT2D eigenvalue weighted by Gasteiger charge is 2.19. The third-order valence-electron chi connectivity index (χ3n) is 2.46. The maximum atomic E-state index is 12.3. The minimum Gasteiger partial charge on any atom is -0.398 e. The quantitative estimate of drug-likeness (QED) is 0.867. The Morgan fingerprint density at radius 2 is 2.06 bits per heavy atom. The number of hydrogen-bond acceptors (Lipinski definition) is 4. The van der Waals surface area contributed by atoms with Gasteiger partial charge in [-0.15, -0.1) is 11.3 Å². The van der Waals surface area contributed by atoms with Gasteiger partial charge < -0.3 is 5.73 Å². The first kappa shape index (κ1) is 13.6. The minimum absolute atomic E-state index is 0.0169.